The second-order valence-electron chi connectivity index (χ2n) is 13.3. The van der Waals surface area contributed by atoms with Crippen LogP contribution in [-0.4, -0.2) is 79.5 Å². The minimum atomic E-state index is -0.286. The quantitative estimate of drug-likeness (QED) is 0.0991. The van der Waals surface area contributed by atoms with Crippen LogP contribution in [0.1, 0.15) is 74.0 Å². The van der Waals surface area contributed by atoms with Gasteiger partial charge in [-0.25, -0.2) is 4.79 Å². The SMILES string of the molecule is COCCCc1ccccc1CC1(COC2CN(C(=O)OCCCCCCON(O)O)CC[C@@H]2c2cccc(-c3ccccc3)c2)CC1. The number of hydrogen-bond donors (Lipinski definition) is 2. The van der Waals surface area contributed by atoms with E-state index in [1.165, 1.54) is 27.8 Å². The molecule has 1 amide bonds. The summed E-state index contributed by atoms with van der Waals surface area (Å²) in [5, 5.41) is 17.0. The van der Waals surface area contributed by atoms with Crippen molar-refractivity contribution in [2.75, 3.05) is 46.6 Å². The number of rotatable bonds is 19. The normalized spacial score (nSPS) is 18.6. The molecule has 9 nitrogen and oxygen atoms in total. The van der Waals surface area contributed by atoms with Gasteiger partial charge in [0.1, 0.15) is 0 Å². The van der Waals surface area contributed by atoms with E-state index in [9.17, 15) is 4.79 Å². The minimum absolute atomic E-state index is 0.133. The van der Waals surface area contributed by atoms with Crippen molar-refractivity contribution in [3.63, 3.8) is 0 Å². The Morgan fingerprint density at radius 1 is 0.854 bits per heavy atom. The van der Waals surface area contributed by atoms with E-state index < -0.39 is 0 Å². The number of ether oxygens (including phenoxy) is 3. The fourth-order valence-corrected chi connectivity index (χ4v) is 6.78. The lowest BCUT2D eigenvalue weighted by molar-refractivity contribution is -0.492. The van der Waals surface area contributed by atoms with E-state index in [-0.39, 0.29) is 35.5 Å². The minimum Gasteiger partial charge on any atom is -0.449 e. The van der Waals surface area contributed by atoms with Gasteiger partial charge in [-0.3, -0.25) is 15.3 Å². The predicted molar refractivity (Wildman–Crippen MR) is 184 cm³/mol. The Hall–Kier alpha value is -3.31. The van der Waals surface area contributed by atoms with Gasteiger partial charge < -0.3 is 19.1 Å². The van der Waals surface area contributed by atoms with Crippen LogP contribution in [0.4, 0.5) is 4.79 Å². The number of amides is 1. The molecule has 3 aromatic carbocycles. The molecule has 3 aromatic rings. The number of unbranched alkanes of at least 4 members (excludes halogenated alkanes) is 3. The molecular formula is C39H52N2O7. The molecule has 9 heteroatoms. The summed E-state index contributed by atoms with van der Waals surface area (Å²) >= 11 is 0. The van der Waals surface area contributed by atoms with E-state index in [1.807, 2.05) is 11.0 Å². The van der Waals surface area contributed by atoms with Gasteiger partial charge in [-0.1, -0.05) is 85.3 Å². The summed E-state index contributed by atoms with van der Waals surface area (Å²) in [6, 6.07) is 28.0. The van der Waals surface area contributed by atoms with Gasteiger partial charge in [-0.15, -0.1) is 0 Å². The third-order valence-corrected chi connectivity index (χ3v) is 9.75. The largest absolute Gasteiger partial charge is 0.449 e. The molecule has 1 saturated carbocycles. The maximum Gasteiger partial charge on any atom is 0.409 e. The summed E-state index contributed by atoms with van der Waals surface area (Å²) in [5.41, 5.74) is 6.57. The van der Waals surface area contributed by atoms with Gasteiger partial charge in [-0.2, -0.15) is 0 Å². The zero-order valence-electron chi connectivity index (χ0n) is 28.3. The Balaban J connectivity index is 1.22. The molecular weight excluding hydrogens is 608 g/mol. The van der Waals surface area contributed by atoms with E-state index in [1.54, 1.807) is 7.11 Å². The standard InChI is InChI=1S/C39H52N2O7/c1-45-24-12-19-32-15-7-8-16-35(32)28-39(21-22-39)30-47-37-29-40(38(42)46-25-9-2-3-10-26-48-41(43)44)23-20-36(37)34-18-11-17-33(27-34)31-13-5-4-6-14-31/h4-8,11,13-18,27,36-37,43-44H,2-3,9-10,12,19-26,28-30H2,1H3/t36-,37?/m1/s1. The zero-order chi connectivity index (χ0) is 33.6. The van der Waals surface area contributed by atoms with Gasteiger partial charge in [0, 0.05) is 26.2 Å². The molecule has 1 aliphatic carbocycles. The number of aryl methyl sites for hydroxylation is 1. The maximum atomic E-state index is 13.2. The molecule has 0 radical (unpaired) electrons. The van der Waals surface area contributed by atoms with Gasteiger partial charge >= 0.3 is 6.09 Å². The molecule has 0 bridgehead atoms. The molecule has 2 atom stereocenters. The van der Waals surface area contributed by atoms with Crippen LogP contribution in [0.2, 0.25) is 0 Å². The number of carbonyl (C=O) groups is 1. The summed E-state index contributed by atoms with van der Waals surface area (Å²) in [5.74, 6) is 0.172. The van der Waals surface area contributed by atoms with Crippen LogP contribution < -0.4 is 0 Å². The number of piperidine rings is 1. The van der Waals surface area contributed by atoms with Crippen molar-refractivity contribution in [2.24, 2.45) is 5.41 Å². The number of benzene rings is 3. The molecule has 1 aliphatic heterocycles. The average molecular weight is 661 g/mol. The lowest BCUT2D eigenvalue weighted by atomic mass is 9.85. The van der Waals surface area contributed by atoms with Crippen LogP contribution in [0.25, 0.3) is 11.1 Å². The second-order valence-corrected chi connectivity index (χ2v) is 13.3. The molecule has 260 valence electrons. The van der Waals surface area contributed by atoms with Crippen molar-refractivity contribution in [1.29, 1.82) is 0 Å². The topological polar surface area (TPSA) is 101 Å². The van der Waals surface area contributed by atoms with Crippen LogP contribution in [0.3, 0.4) is 0 Å². The molecule has 2 aliphatic rings. The third kappa shape index (κ3) is 10.9. The number of hydrogen-bond acceptors (Lipinski definition) is 8. The number of carbonyl (C=O) groups excluding carboxylic acids is 1. The van der Waals surface area contributed by atoms with E-state index >= 15 is 0 Å². The molecule has 2 N–H and O–H groups in total. The zero-order valence-corrected chi connectivity index (χ0v) is 28.3. The fourth-order valence-electron chi connectivity index (χ4n) is 6.78. The Morgan fingerprint density at radius 3 is 2.33 bits per heavy atom. The smallest absolute Gasteiger partial charge is 0.409 e. The molecule has 1 unspecified atom stereocenters. The Bertz CT molecular complexity index is 1400. The number of nitrogens with zero attached hydrogens (tertiary/aromatic N) is 2. The summed E-state index contributed by atoms with van der Waals surface area (Å²) in [6.07, 6.45) is 8.84. The first-order valence-corrected chi connectivity index (χ1v) is 17.5. The summed E-state index contributed by atoms with van der Waals surface area (Å²) in [7, 11) is 1.76. The average Bonchev–Trinajstić information content (AvgIpc) is 3.88. The van der Waals surface area contributed by atoms with Crippen LogP contribution in [0, 0.1) is 5.41 Å². The van der Waals surface area contributed by atoms with Crippen molar-refractivity contribution in [2.45, 2.75) is 76.2 Å². The first-order valence-electron chi connectivity index (χ1n) is 17.5. The predicted octanol–water partition coefficient (Wildman–Crippen LogP) is 7.84. The monoisotopic (exact) mass is 660 g/mol. The van der Waals surface area contributed by atoms with E-state index in [2.05, 4.69) is 77.6 Å². The third-order valence-electron chi connectivity index (χ3n) is 9.75. The van der Waals surface area contributed by atoms with Gasteiger partial charge in [0.25, 0.3) is 0 Å². The number of likely N-dealkylation sites (tertiary alicyclic amines) is 1. The van der Waals surface area contributed by atoms with Gasteiger partial charge in [0.15, 0.2) is 0 Å². The Labute approximate surface area is 285 Å². The van der Waals surface area contributed by atoms with Crippen LogP contribution in [0.15, 0.2) is 78.9 Å². The first kappa shape index (κ1) is 36.0. The molecule has 5 rings (SSSR count). The van der Waals surface area contributed by atoms with Crippen LogP contribution in [0.5, 0.6) is 0 Å². The highest BCUT2D eigenvalue weighted by molar-refractivity contribution is 5.68. The van der Waals surface area contributed by atoms with Crippen molar-refractivity contribution in [3.8, 4) is 11.1 Å². The van der Waals surface area contributed by atoms with E-state index in [0.29, 0.717) is 32.7 Å². The molecule has 0 spiro atoms. The van der Waals surface area contributed by atoms with Crippen molar-refractivity contribution < 1.29 is 34.3 Å². The fraction of sp³-hybridized carbons (Fsp3) is 0.513. The van der Waals surface area contributed by atoms with E-state index in [0.717, 1.165) is 64.4 Å². The first-order chi connectivity index (χ1) is 23.5. The summed E-state index contributed by atoms with van der Waals surface area (Å²) in [6.45, 7) is 3.13. The highest BCUT2D eigenvalue weighted by Gasteiger charge is 2.45. The lowest BCUT2D eigenvalue weighted by Gasteiger charge is -2.39. The van der Waals surface area contributed by atoms with Crippen LogP contribution >= 0.6 is 0 Å². The summed E-state index contributed by atoms with van der Waals surface area (Å²) in [4.78, 5) is 19.6. The Morgan fingerprint density at radius 2 is 1.58 bits per heavy atom. The number of methoxy groups -OCH3 is 1. The highest BCUT2D eigenvalue weighted by atomic mass is 17.1. The maximum absolute atomic E-state index is 13.2. The van der Waals surface area contributed by atoms with Gasteiger partial charge in [0.05, 0.1) is 37.9 Å². The molecule has 1 saturated heterocycles. The van der Waals surface area contributed by atoms with Crippen molar-refractivity contribution in [1.82, 2.24) is 10.3 Å². The van der Waals surface area contributed by atoms with E-state index in [4.69, 9.17) is 24.6 Å². The molecule has 2 fully saturated rings. The highest BCUT2D eigenvalue weighted by Crippen LogP contribution is 2.50. The van der Waals surface area contributed by atoms with Crippen molar-refractivity contribution >= 4 is 6.09 Å². The molecule has 48 heavy (non-hydrogen) atoms. The molecule has 1 heterocycles. The molecule has 0 aromatic heterocycles. The van der Waals surface area contributed by atoms with Crippen LogP contribution in [-0.2, 0) is 31.9 Å². The second kappa shape index (κ2) is 18.5. The lowest BCUT2D eigenvalue weighted by Crippen LogP contribution is -2.47. The summed E-state index contributed by atoms with van der Waals surface area (Å²) < 4.78 is 17.9. The Kier molecular flexibility index (Phi) is 13.8. The van der Waals surface area contributed by atoms with Gasteiger partial charge in [-0.05, 0) is 91.0 Å². The van der Waals surface area contributed by atoms with Crippen molar-refractivity contribution in [3.05, 3.63) is 95.6 Å². The van der Waals surface area contributed by atoms with Gasteiger partial charge in [0.2, 0.25) is 0 Å².